The molecule has 0 saturated carbocycles. The van der Waals surface area contributed by atoms with Crippen LogP contribution in [0.15, 0.2) is 42.5 Å². The molecule has 0 aliphatic rings. The normalized spacial score (nSPS) is 10.3. The fourth-order valence-corrected chi connectivity index (χ4v) is 2.13. The molecule has 0 atom stereocenters. The van der Waals surface area contributed by atoms with E-state index in [4.69, 9.17) is 23.2 Å². The molecular weight excluding hydrogens is 255 g/mol. The molecule has 0 heterocycles. The Morgan fingerprint density at radius 3 is 2.18 bits per heavy atom. The number of hydrogen-bond donors (Lipinski definition) is 0. The quantitative estimate of drug-likeness (QED) is 0.708. The SMILES string of the molecule is CC(=O)c1ccc(-c2ccc(Cl)cc2Cl)cc1. The van der Waals surface area contributed by atoms with E-state index < -0.39 is 0 Å². The molecule has 0 radical (unpaired) electrons. The number of hydrogen-bond acceptors (Lipinski definition) is 1. The first-order valence-corrected chi connectivity index (χ1v) is 5.90. The van der Waals surface area contributed by atoms with Crippen LogP contribution in [-0.2, 0) is 0 Å². The fourth-order valence-electron chi connectivity index (χ4n) is 1.61. The van der Waals surface area contributed by atoms with E-state index in [9.17, 15) is 4.79 Å². The summed E-state index contributed by atoms with van der Waals surface area (Å²) in [7, 11) is 0. The monoisotopic (exact) mass is 264 g/mol. The maximum Gasteiger partial charge on any atom is 0.159 e. The number of benzene rings is 2. The molecule has 0 unspecified atom stereocenters. The van der Waals surface area contributed by atoms with E-state index in [1.54, 1.807) is 31.2 Å². The Morgan fingerprint density at radius 2 is 1.65 bits per heavy atom. The van der Waals surface area contributed by atoms with E-state index in [2.05, 4.69) is 0 Å². The summed E-state index contributed by atoms with van der Waals surface area (Å²) in [5.74, 6) is 0.0544. The van der Waals surface area contributed by atoms with Gasteiger partial charge in [-0.15, -0.1) is 0 Å². The first kappa shape index (κ1) is 12.2. The molecule has 2 aromatic carbocycles. The van der Waals surface area contributed by atoms with Crippen LogP contribution in [0.1, 0.15) is 17.3 Å². The number of Topliss-reactive ketones (excluding diaryl/α,β-unsaturated/α-hetero) is 1. The third-order valence-corrected chi connectivity index (χ3v) is 3.08. The van der Waals surface area contributed by atoms with Gasteiger partial charge in [-0.1, -0.05) is 53.5 Å². The predicted molar refractivity (Wildman–Crippen MR) is 71.9 cm³/mol. The Morgan fingerprint density at radius 1 is 1.00 bits per heavy atom. The molecule has 17 heavy (non-hydrogen) atoms. The van der Waals surface area contributed by atoms with Gasteiger partial charge in [0.15, 0.2) is 5.78 Å². The van der Waals surface area contributed by atoms with Crippen LogP contribution in [0.2, 0.25) is 10.0 Å². The van der Waals surface area contributed by atoms with Crippen molar-refractivity contribution in [3.8, 4) is 11.1 Å². The van der Waals surface area contributed by atoms with E-state index >= 15 is 0 Å². The standard InChI is InChI=1S/C14H10Cl2O/c1-9(17)10-2-4-11(5-3-10)13-7-6-12(15)8-14(13)16/h2-8H,1H3. The Kier molecular flexibility index (Phi) is 3.51. The minimum absolute atomic E-state index is 0.0544. The number of halogens is 2. The number of carbonyl (C=O) groups excluding carboxylic acids is 1. The molecule has 1 nitrogen and oxygen atoms in total. The Labute approximate surface area is 110 Å². The largest absolute Gasteiger partial charge is 0.295 e. The topological polar surface area (TPSA) is 17.1 Å². The van der Waals surface area contributed by atoms with E-state index in [0.29, 0.717) is 15.6 Å². The lowest BCUT2D eigenvalue weighted by Crippen LogP contribution is -1.90. The highest BCUT2D eigenvalue weighted by Gasteiger charge is 2.05. The zero-order valence-corrected chi connectivity index (χ0v) is 10.7. The zero-order chi connectivity index (χ0) is 12.4. The van der Waals surface area contributed by atoms with Crippen molar-refractivity contribution in [1.82, 2.24) is 0 Å². The second-order valence-corrected chi connectivity index (χ2v) is 4.60. The van der Waals surface area contributed by atoms with E-state index in [0.717, 1.165) is 11.1 Å². The van der Waals surface area contributed by atoms with Crippen molar-refractivity contribution in [2.75, 3.05) is 0 Å². The highest BCUT2D eigenvalue weighted by atomic mass is 35.5. The van der Waals surface area contributed by atoms with Crippen molar-refractivity contribution in [2.24, 2.45) is 0 Å². The van der Waals surface area contributed by atoms with Gasteiger partial charge < -0.3 is 0 Å². The summed E-state index contributed by atoms with van der Waals surface area (Å²) < 4.78 is 0. The summed E-state index contributed by atoms with van der Waals surface area (Å²) in [6.07, 6.45) is 0. The number of ketones is 1. The van der Waals surface area contributed by atoms with Crippen LogP contribution >= 0.6 is 23.2 Å². The molecule has 86 valence electrons. The van der Waals surface area contributed by atoms with Crippen molar-refractivity contribution in [3.05, 3.63) is 58.1 Å². The fraction of sp³-hybridized carbons (Fsp3) is 0.0714. The Bertz CT molecular complexity index is 559. The van der Waals surface area contributed by atoms with Crippen LogP contribution in [0.4, 0.5) is 0 Å². The highest BCUT2D eigenvalue weighted by Crippen LogP contribution is 2.30. The van der Waals surface area contributed by atoms with Crippen molar-refractivity contribution in [1.29, 1.82) is 0 Å². The van der Waals surface area contributed by atoms with E-state index in [1.165, 1.54) is 0 Å². The van der Waals surface area contributed by atoms with Crippen LogP contribution < -0.4 is 0 Å². The molecule has 0 aromatic heterocycles. The zero-order valence-electron chi connectivity index (χ0n) is 9.21. The second-order valence-electron chi connectivity index (χ2n) is 3.76. The van der Waals surface area contributed by atoms with Crippen LogP contribution in [-0.4, -0.2) is 5.78 Å². The maximum absolute atomic E-state index is 11.2. The molecule has 0 fully saturated rings. The molecule has 0 aliphatic carbocycles. The highest BCUT2D eigenvalue weighted by molar-refractivity contribution is 6.36. The molecule has 0 saturated heterocycles. The van der Waals surface area contributed by atoms with Gasteiger partial charge in [-0.2, -0.15) is 0 Å². The third kappa shape index (κ3) is 2.68. The molecule has 2 rings (SSSR count). The van der Waals surface area contributed by atoms with E-state index in [1.807, 2.05) is 18.2 Å². The van der Waals surface area contributed by atoms with Crippen molar-refractivity contribution < 1.29 is 4.79 Å². The van der Waals surface area contributed by atoms with Crippen LogP contribution in [0.5, 0.6) is 0 Å². The van der Waals surface area contributed by atoms with Gasteiger partial charge in [-0.25, -0.2) is 0 Å². The molecule has 0 bridgehead atoms. The van der Waals surface area contributed by atoms with E-state index in [-0.39, 0.29) is 5.78 Å². The minimum atomic E-state index is 0.0544. The van der Waals surface area contributed by atoms with Gasteiger partial charge in [-0.3, -0.25) is 4.79 Å². The minimum Gasteiger partial charge on any atom is -0.295 e. The average Bonchev–Trinajstić information content (AvgIpc) is 2.29. The second kappa shape index (κ2) is 4.91. The summed E-state index contributed by atoms with van der Waals surface area (Å²) in [6, 6.07) is 12.7. The van der Waals surface area contributed by atoms with Gasteiger partial charge in [0, 0.05) is 21.2 Å². The molecular formula is C14H10Cl2O. The van der Waals surface area contributed by atoms with Gasteiger partial charge in [0.2, 0.25) is 0 Å². The average molecular weight is 265 g/mol. The van der Waals surface area contributed by atoms with Crippen LogP contribution in [0.3, 0.4) is 0 Å². The van der Waals surface area contributed by atoms with Gasteiger partial charge in [-0.05, 0) is 24.6 Å². The maximum atomic E-state index is 11.2. The summed E-state index contributed by atoms with van der Waals surface area (Å²) in [6.45, 7) is 1.55. The van der Waals surface area contributed by atoms with Crippen molar-refractivity contribution in [2.45, 2.75) is 6.92 Å². The predicted octanol–water partition coefficient (Wildman–Crippen LogP) is 4.86. The Balaban J connectivity index is 2.43. The summed E-state index contributed by atoms with van der Waals surface area (Å²) in [5, 5.41) is 1.21. The number of carbonyl (C=O) groups is 1. The summed E-state index contributed by atoms with van der Waals surface area (Å²) in [5.41, 5.74) is 2.57. The van der Waals surface area contributed by atoms with Crippen molar-refractivity contribution in [3.63, 3.8) is 0 Å². The first-order valence-electron chi connectivity index (χ1n) is 5.14. The van der Waals surface area contributed by atoms with Crippen LogP contribution in [0, 0.1) is 0 Å². The van der Waals surface area contributed by atoms with Gasteiger partial charge in [0.1, 0.15) is 0 Å². The molecule has 0 aliphatic heterocycles. The lowest BCUT2D eigenvalue weighted by atomic mass is 10.0. The smallest absolute Gasteiger partial charge is 0.159 e. The summed E-state index contributed by atoms with van der Waals surface area (Å²) >= 11 is 12.0. The molecule has 3 heteroatoms. The number of rotatable bonds is 2. The first-order chi connectivity index (χ1) is 8.08. The Hall–Kier alpha value is -1.31. The lowest BCUT2D eigenvalue weighted by molar-refractivity contribution is 0.101. The van der Waals surface area contributed by atoms with Crippen molar-refractivity contribution >= 4 is 29.0 Å². The lowest BCUT2D eigenvalue weighted by Gasteiger charge is -2.05. The molecule has 0 N–H and O–H groups in total. The molecule has 0 spiro atoms. The summed E-state index contributed by atoms with van der Waals surface area (Å²) in [4.78, 5) is 11.2. The van der Waals surface area contributed by atoms with Gasteiger partial charge >= 0.3 is 0 Å². The molecule has 0 amide bonds. The van der Waals surface area contributed by atoms with Gasteiger partial charge in [0.05, 0.1) is 0 Å². The third-order valence-electron chi connectivity index (χ3n) is 2.53. The van der Waals surface area contributed by atoms with Crippen LogP contribution in [0.25, 0.3) is 11.1 Å². The van der Waals surface area contributed by atoms with Gasteiger partial charge in [0.25, 0.3) is 0 Å². The molecule has 2 aromatic rings.